The van der Waals surface area contributed by atoms with E-state index in [0.717, 1.165) is 5.75 Å². The zero-order valence-corrected chi connectivity index (χ0v) is 12.2. The molecule has 0 N–H and O–H groups in total. The van der Waals surface area contributed by atoms with Crippen LogP contribution in [0.4, 0.5) is 0 Å². The van der Waals surface area contributed by atoms with Crippen LogP contribution >= 0.6 is 11.8 Å². The number of thioether (sulfide) groups is 1. The Morgan fingerprint density at radius 1 is 1.00 bits per heavy atom. The van der Waals surface area contributed by atoms with Gasteiger partial charge in [0.25, 0.3) is 0 Å². The highest BCUT2D eigenvalue weighted by atomic mass is 32.2. The summed E-state index contributed by atoms with van der Waals surface area (Å²) in [6.07, 6.45) is 0. The van der Waals surface area contributed by atoms with E-state index in [1.165, 1.54) is 27.1 Å². The van der Waals surface area contributed by atoms with Gasteiger partial charge in [0.05, 0.1) is 0 Å². The summed E-state index contributed by atoms with van der Waals surface area (Å²) in [7, 11) is 0. The van der Waals surface area contributed by atoms with Crippen molar-refractivity contribution in [2.24, 2.45) is 0 Å². The first kappa shape index (κ1) is 12.7. The van der Waals surface area contributed by atoms with Gasteiger partial charge >= 0.3 is 5.97 Å². The van der Waals surface area contributed by atoms with Crippen molar-refractivity contribution in [2.75, 3.05) is 6.61 Å². The van der Waals surface area contributed by atoms with Gasteiger partial charge in [0.1, 0.15) is 11.9 Å². The molecule has 3 aromatic rings. The van der Waals surface area contributed by atoms with Gasteiger partial charge in [-0.25, -0.2) is 0 Å². The van der Waals surface area contributed by atoms with Gasteiger partial charge in [0.2, 0.25) is 0 Å². The van der Waals surface area contributed by atoms with Gasteiger partial charge < -0.3 is 4.74 Å². The van der Waals surface area contributed by atoms with Crippen molar-refractivity contribution >= 4 is 39.3 Å². The maximum atomic E-state index is 11.2. The Hall–Kier alpha value is -2.00. The quantitative estimate of drug-likeness (QED) is 0.536. The standard InChI is InChI=1S/C18H14O2S/c19-18-17(10-20-18)21-11-15-7-3-6-14-8-12-4-1-2-5-13(12)9-16(14)15/h1-9,17H,10-11H2. The van der Waals surface area contributed by atoms with Crippen LogP contribution in [0.5, 0.6) is 0 Å². The normalized spacial score (nSPS) is 17.7. The zero-order valence-electron chi connectivity index (χ0n) is 11.4. The van der Waals surface area contributed by atoms with Crippen LogP contribution in [0.15, 0.2) is 54.6 Å². The minimum absolute atomic E-state index is 0.0145. The summed E-state index contributed by atoms with van der Waals surface area (Å²) >= 11 is 1.67. The Bertz CT molecular complexity index is 841. The van der Waals surface area contributed by atoms with Crippen molar-refractivity contribution in [3.63, 3.8) is 0 Å². The van der Waals surface area contributed by atoms with Crippen molar-refractivity contribution in [1.82, 2.24) is 0 Å². The highest BCUT2D eigenvalue weighted by molar-refractivity contribution is 7.99. The summed E-state index contributed by atoms with van der Waals surface area (Å²) in [6, 6.07) is 19.3. The molecule has 2 nitrogen and oxygen atoms in total. The minimum Gasteiger partial charge on any atom is -0.463 e. The fraction of sp³-hybridized carbons (Fsp3) is 0.167. The molecule has 0 bridgehead atoms. The molecule has 21 heavy (non-hydrogen) atoms. The smallest absolute Gasteiger partial charge is 0.322 e. The first-order chi connectivity index (χ1) is 10.3. The molecule has 1 atom stereocenters. The van der Waals surface area contributed by atoms with Crippen molar-refractivity contribution in [3.8, 4) is 0 Å². The van der Waals surface area contributed by atoms with Crippen molar-refractivity contribution in [3.05, 3.63) is 60.2 Å². The Balaban J connectivity index is 1.73. The predicted molar refractivity (Wildman–Crippen MR) is 87.5 cm³/mol. The fourth-order valence-electron chi connectivity index (χ4n) is 2.68. The Morgan fingerprint density at radius 3 is 2.48 bits per heavy atom. The third-order valence-corrected chi connectivity index (χ3v) is 5.13. The van der Waals surface area contributed by atoms with E-state index < -0.39 is 0 Å². The van der Waals surface area contributed by atoms with Crippen LogP contribution in [0, 0.1) is 0 Å². The van der Waals surface area contributed by atoms with Crippen LogP contribution in [0.25, 0.3) is 21.5 Å². The Labute approximate surface area is 127 Å². The van der Waals surface area contributed by atoms with Gasteiger partial charge in [-0.15, -0.1) is 11.8 Å². The van der Waals surface area contributed by atoms with Crippen molar-refractivity contribution in [2.45, 2.75) is 11.0 Å². The van der Waals surface area contributed by atoms with Crippen LogP contribution in [0.3, 0.4) is 0 Å². The second-order valence-electron chi connectivity index (χ2n) is 5.27. The molecular weight excluding hydrogens is 280 g/mol. The molecule has 1 aliphatic rings. The third kappa shape index (κ3) is 2.28. The van der Waals surface area contributed by atoms with E-state index in [1.807, 2.05) is 0 Å². The lowest BCUT2D eigenvalue weighted by Gasteiger charge is -2.23. The van der Waals surface area contributed by atoms with E-state index in [4.69, 9.17) is 4.74 Å². The number of benzene rings is 3. The summed E-state index contributed by atoms with van der Waals surface area (Å²) in [4.78, 5) is 11.2. The molecule has 0 aromatic heterocycles. The average Bonchev–Trinajstić information content (AvgIpc) is 2.52. The van der Waals surface area contributed by atoms with Gasteiger partial charge in [0.15, 0.2) is 0 Å². The minimum atomic E-state index is -0.0781. The first-order valence-electron chi connectivity index (χ1n) is 7.00. The number of cyclic esters (lactones) is 1. The molecule has 0 aliphatic carbocycles. The van der Waals surface area contributed by atoms with Crippen LogP contribution in [-0.4, -0.2) is 17.8 Å². The molecule has 3 heteroatoms. The number of rotatable bonds is 3. The largest absolute Gasteiger partial charge is 0.463 e. The lowest BCUT2D eigenvalue weighted by Crippen LogP contribution is -2.37. The summed E-state index contributed by atoms with van der Waals surface area (Å²) < 4.78 is 4.82. The second kappa shape index (κ2) is 5.08. The monoisotopic (exact) mass is 294 g/mol. The lowest BCUT2D eigenvalue weighted by molar-refractivity contribution is -0.155. The molecule has 1 aliphatic heterocycles. The molecule has 1 unspecified atom stereocenters. The molecule has 1 heterocycles. The average molecular weight is 294 g/mol. The molecule has 0 amide bonds. The maximum absolute atomic E-state index is 11.2. The fourth-order valence-corrected chi connectivity index (χ4v) is 3.68. The Morgan fingerprint density at radius 2 is 1.76 bits per heavy atom. The van der Waals surface area contributed by atoms with E-state index in [-0.39, 0.29) is 11.2 Å². The zero-order chi connectivity index (χ0) is 14.2. The number of ether oxygens (including phenoxy) is 1. The lowest BCUT2D eigenvalue weighted by atomic mass is 10.0. The molecule has 0 spiro atoms. The van der Waals surface area contributed by atoms with Gasteiger partial charge in [-0.05, 0) is 39.2 Å². The number of hydrogen-bond acceptors (Lipinski definition) is 3. The molecule has 104 valence electrons. The summed E-state index contributed by atoms with van der Waals surface area (Å²) in [5.41, 5.74) is 1.28. The Kier molecular flexibility index (Phi) is 3.08. The molecule has 0 saturated carbocycles. The topological polar surface area (TPSA) is 26.3 Å². The molecular formula is C18H14O2S. The number of carbonyl (C=O) groups is 1. The van der Waals surface area contributed by atoms with Gasteiger partial charge in [-0.2, -0.15) is 0 Å². The number of fused-ring (bicyclic) bond motifs is 2. The van der Waals surface area contributed by atoms with E-state index >= 15 is 0 Å². The second-order valence-corrected chi connectivity index (χ2v) is 6.46. The van der Waals surface area contributed by atoms with E-state index in [2.05, 4.69) is 54.6 Å². The SMILES string of the molecule is O=C1OCC1SCc1cccc2cc3ccccc3cc12. The summed E-state index contributed by atoms with van der Waals surface area (Å²) in [6.45, 7) is 0.553. The first-order valence-corrected chi connectivity index (χ1v) is 8.05. The highest BCUT2D eigenvalue weighted by Gasteiger charge is 2.30. The predicted octanol–water partition coefficient (Wildman–Crippen LogP) is 4.15. The van der Waals surface area contributed by atoms with Gasteiger partial charge in [-0.3, -0.25) is 4.79 Å². The van der Waals surface area contributed by atoms with Crippen LogP contribution < -0.4 is 0 Å². The molecule has 4 rings (SSSR count). The van der Waals surface area contributed by atoms with Gasteiger partial charge in [0, 0.05) is 5.75 Å². The van der Waals surface area contributed by atoms with E-state index in [0.29, 0.717) is 6.61 Å². The highest BCUT2D eigenvalue weighted by Crippen LogP contribution is 2.30. The molecule has 3 aromatic carbocycles. The van der Waals surface area contributed by atoms with Crippen LogP contribution in [0.2, 0.25) is 0 Å². The van der Waals surface area contributed by atoms with E-state index in [1.54, 1.807) is 11.8 Å². The number of hydrogen-bond donors (Lipinski definition) is 0. The van der Waals surface area contributed by atoms with Crippen LogP contribution in [0.1, 0.15) is 5.56 Å². The molecule has 1 saturated heterocycles. The van der Waals surface area contributed by atoms with Gasteiger partial charge in [-0.1, -0.05) is 42.5 Å². The molecule has 1 fully saturated rings. The summed E-state index contributed by atoms with van der Waals surface area (Å²) in [5.74, 6) is 0.765. The third-order valence-electron chi connectivity index (χ3n) is 3.92. The van der Waals surface area contributed by atoms with E-state index in [9.17, 15) is 4.79 Å². The van der Waals surface area contributed by atoms with Crippen molar-refractivity contribution < 1.29 is 9.53 Å². The maximum Gasteiger partial charge on any atom is 0.322 e. The van der Waals surface area contributed by atoms with Crippen molar-refractivity contribution in [1.29, 1.82) is 0 Å². The number of carbonyl (C=O) groups excluding carboxylic acids is 1. The number of esters is 1. The summed E-state index contributed by atoms with van der Waals surface area (Å²) in [5, 5.41) is 5.06. The molecule has 0 radical (unpaired) electrons. The van der Waals surface area contributed by atoms with Crippen LogP contribution in [-0.2, 0) is 15.3 Å².